The van der Waals surface area contributed by atoms with Crippen molar-refractivity contribution < 1.29 is 24.5 Å². The van der Waals surface area contributed by atoms with Crippen LogP contribution in [0.1, 0.15) is 11.1 Å². The van der Waals surface area contributed by atoms with Crippen LogP contribution in [-0.2, 0) is 22.6 Å². The summed E-state index contributed by atoms with van der Waals surface area (Å²) in [6, 6.07) is 12.4. The van der Waals surface area contributed by atoms with Gasteiger partial charge < -0.3 is 25.6 Å². The van der Waals surface area contributed by atoms with Crippen LogP contribution in [-0.4, -0.2) is 34.8 Å². The van der Waals surface area contributed by atoms with Crippen molar-refractivity contribution in [2.45, 2.75) is 19.1 Å². The third-order valence-electron chi connectivity index (χ3n) is 3.72. The Hall–Kier alpha value is -3.48. The standard InChI is InChI=1S/C20H22N2O5/c1-2-10-21-19(25)16(11-15-8-9-17(23)18(24)12-15)22-20(26)27-13-14-6-4-3-5-7-14/h2-9,12,16,23-24H,1,10-11,13H2,(H,21,25)(H,22,26)/t16-/m0/s1. The van der Waals surface area contributed by atoms with E-state index in [9.17, 15) is 19.8 Å². The van der Waals surface area contributed by atoms with E-state index in [1.165, 1.54) is 18.2 Å². The summed E-state index contributed by atoms with van der Waals surface area (Å²) in [6.45, 7) is 3.86. The van der Waals surface area contributed by atoms with Gasteiger partial charge in [-0.1, -0.05) is 42.5 Å². The fourth-order valence-corrected chi connectivity index (χ4v) is 2.34. The highest BCUT2D eigenvalue weighted by Gasteiger charge is 2.22. The van der Waals surface area contributed by atoms with Crippen molar-refractivity contribution in [3.8, 4) is 11.5 Å². The minimum Gasteiger partial charge on any atom is -0.504 e. The molecule has 0 radical (unpaired) electrons. The predicted octanol–water partition coefficient (Wildman–Crippen LogP) is 2.24. The van der Waals surface area contributed by atoms with E-state index in [1.54, 1.807) is 6.07 Å². The first-order valence-electron chi connectivity index (χ1n) is 8.36. The molecular weight excluding hydrogens is 348 g/mol. The van der Waals surface area contributed by atoms with Crippen molar-refractivity contribution >= 4 is 12.0 Å². The van der Waals surface area contributed by atoms with Crippen molar-refractivity contribution in [2.75, 3.05) is 6.54 Å². The molecule has 142 valence electrons. The van der Waals surface area contributed by atoms with Crippen molar-refractivity contribution in [1.29, 1.82) is 0 Å². The average molecular weight is 370 g/mol. The summed E-state index contributed by atoms with van der Waals surface area (Å²) in [4.78, 5) is 24.4. The number of ether oxygens (including phenoxy) is 1. The Morgan fingerprint density at radius 3 is 2.48 bits per heavy atom. The van der Waals surface area contributed by atoms with Gasteiger partial charge in [-0.3, -0.25) is 4.79 Å². The number of aromatic hydroxyl groups is 2. The van der Waals surface area contributed by atoms with Crippen LogP contribution in [0.4, 0.5) is 4.79 Å². The summed E-state index contributed by atoms with van der Waals surface area (Å²) in [6.07, 6.45) is 0.896. The third-order valence-corrected chi connectivity index (χ3v) is 3.72. The molecule has 27 heavy (non-hydrogen) atoms. The highest BCUT2D eigenvalue weighted by molar-refractivity contribution is 5.86. The van der Waals surface area contributed by atoms with Crippen molar-refractivity contribution in [2.24, 2.45) is 0 Å². The molecule has 0 unspecified atom stereocenters. The molecule has 0 saturated heterocycles. The summed E-state index contributed by atoms with van der Waals surface area (Å²) in [5.74, 6) is -0.981. The predicted molar refractivity (Wildman–Crippen MR) is 100 cm³/mol. The van der Waals surface area contributed by atoms with Crippen molar-refractivity contribution in [1.82, 2.24) is 10.6 Å². The Kier molecular flexibility index (Phi) is 7.25. The molecule has 0 aromatic heterocycles. The SMILES string of the molecule is C=CCNC(=O)[C@H](Cc1ccc(O)c(O)c1)NC(=O)OCc1ccccc1. The molecule has 2 aromatic rings. The first-order chi connectivity index (χ1) is 13.0. The highest BCUT2D eigenvalue weighted by atomic mass is 16.5. The molecule has 0 aliphatic carbocycles. The molecule has 0 aliphatic heterocycles. The Morgan fingerprint density at radius 1 is 1.07 bits per heavy atom. The highest BCUT2D eigenvalue weighted by Crippen LogP contribution is 2.25. The Morgan fingerprint density at radius 2 is 1.81 bits per heavy atom. The molecule has 2 aromatic carbocycles. The molecule has 2 amide bonds. The number of hydrogen-bond acceptors (Lipinski definition) is 5. The first-order valence-corrected chi connectivity index (χ1v) is 8.36. The maximum atomic E-state index is 12.3. The second kappa shape index (κ2) is 9.86. The molecule has 7 heteroatoms. The van der Waals surface area contributed by atoms with E-state index in [-0.39, 0.29) is 31.1 Å². The van der Waals surface area contributed by atoms with Gasteiger partial charge in [0.05, 0.1) is 0 Å². The second-order valence-electron chi connectivity index (χ2n) is 5.82. The fraction of sp³-hybridized carbons (Fsp3) is 0.200. The number of alkyl carbamates (subject to hydrolysis) is 1. The lowest BCUT2D eigenvalue weighted by Gasteiger charge is -2.18. The minimum atomic E-state index is -0.919. The van der Waals surface area contributed by atoms with E-state index >= 15 is 0 Å². The van der Waals surface area contributed by atoms with Crippen LogP contribution < -0.4 is 10.6 Å². The molecule has 0 heterocycles. The van der Waals surface area contributed by atoms with Crippen LogP contribution in [0, 0.1) is 0 Å². The largest absolute Gasteiger partial charge is 0.504 e. The number of carbonyl (C=O) groups excluding carboxylic acids is 2. The van der Waals surface area contributed by atoms with Gasteiger partial charge in [-0.05, 0) is 23.3 Å². The molecular formula is C20H22N2O5. The van der Waals surface area contributed by atoms with E-state index in [2.05, 4.69) is 17.2 Å². The number of phenols is 2. The summed E-state index contributed by atoms with van der Waals surface area (Å²) >= 11 is 0. The Bertz CT molecular complexity index is 792. The number of amides is 2. The fourth-order valence-electron chi connectivity index (χ4n) is 2.34. The van der Waals surface area contributed by atoms with Gasteiger partial charge in [0.25, 0.3) is 0 Å². The number of hydrogen-bond donors (Lipinski definition) is 4. The molecule has 7 nitrogen and oxygen atoms in total. The molecule has 4 N–H and O–H groups in total. The average Bonchev–Trinajstić information content (AvgIpc) is 2.67. The zero-order valence-electron chi connectivity index (χ0n) is 14.7. The molecule has 0 saturated carbocycles. The maximum absolute atomic E-state index is 12.3. The van der Waals surface area contributed by atoms with Crippen LogP contribution >= 0.6 is 0 Å². The summed E-state index contributed by atoms with van der Waals surface area (Å²) in [5.41, 5.74) is 1.39. The van der Waals surface area contributed by atoms with Crippen LogP contribution in [0.2, 0.25) is 0 Å². The number of rotatable bonds is 8. The lowest BCUT2D eigenvalue weighted by molar-refractivity contribution is -0.122. The molecule has 2 rings (SSSR count). The van der Waals surface area contributed by atoms with Gasteiger partial charge >= 0.3 is 6.09 Å². The number of carbonyl (C=O) groups is 2. The molecule has 0 spiro atoms. The molecule has 0 fully saturated rings. The van der Waals surface area contributed by atoms with Crippen molar-refractivity contribution in [3.63, 3.8) is 0 Å². The van der Waals surface area contributed by atoms with Gasteiger partial charge in [0, 0.05) is 13.0 Å². The number of benzene rings is 2. The monoisotopic (exact) mass is 370 g/mol. The minimum absolute atomic E-state index is 0.0771. The van der Waals surface area contributed by atoms with Gasteiger partial charge in [0.15, 0.2) is 11.5 Å². The van der Waals surface area contributed by atoms with Gasteiger partial charge in [-0.2, -0.15) is 0 Å². The third kappa shape index (κ3) is 6.39. The second-order valence-corrected chi connectivity index (χ2v) is 5.82. The quantitative estimate of drug-likeness (QED) is 0.421. The van der Waals surface area contributed by atoms with E-state index < -0.39 is 18.0 Å². The zero-order valence-corrected chi connectivity index (χ0v) is 14.7. The number of nitrogens with one attached hydrogen (secondary N) is 2. The topological polar surface area (TPSA) is 108 Å². The smallest absolute Gasteiger partial charge is 0.408 e. The molecule has 1 atom stereocenters. The van der Waals surface area contributed by atoms with Gasteiger partial charge in [0.2, 0.25) is 5.91 Å². The summed E-state index contributed by atoms with van der Waals surface area (Å²) in [7, 11) is 0. The Labute approximate surface area is 157 Å². The van der Waals surface area contributed by atoms with E-state index in [0.29, 0.717) is 5.56 Å². The van der Waals surface area contributed by atoms with Crippen molar-refractivity contribution in [3.05, 3.63) is 72.3 Å². The van der Waals surface area contributed by atoms with Gasteiger partial charge in [-0.15, -0.1) is 6.58 Å². The summed E-state index contributed by atoms with van der Waals surface area (Å²) < 4.78 is 5.15. The van der Waals surface area contributed by atoms with Crippen LogP contribution in [0.15, 0.2) is 61.2 Å². The van der Waals surface area contributed by atoms with E-state index in [4.69, 9.17) is 4.74 Å². The first kappa shape index (κ1) is 19.8. The van der Waals surface area contributed by atoms with Crippen LogP contribution in [0.5, 0.6) is 11.5 Å². The van der Waals surface area contributed by atoms with E-state index in [0.717, 1.165) is 5.56 Å². The number of phenolic OH excluding ortho intramolecular Hbond substituents is 2. The normalized spacial score (nSPS) is 11.3. The zero-order chi connectivity index (χ0) is 19.6. The van der Waals surface area contributed by atoms with Gasteiger partial charge in [0.1, 0.15) is 12.6 Å². The molecule has 0 bridgehead atoms. The molecule has 0 aliphatic rings. The lowest BCUT2D eigenvalue weighted by atomic mass is 10.0. The maximum Gasteiger partial charge on any atom is 0.408 e. The van der Waals surface area contributed by atoms with Gasteiger partial charge in [-0.25, -0.2) is 4.79 Å². The lowest BCUT2D eigenvalue weighted by Crippen LogP contribution is -2.48. The van der Waals surface area contributed by atoms with Crippen LogP contribution in [0.3, 0.4) is 0 Å². The van der Waals surface area contributed by atoms with E-state index in [1.807, 2.05) is 30.3 Å². The van der Waals surface area contributed by atoms with Crippen LogP contribution in [0.25, 0.3) is 0 Å². The summed E-state index contributed by atoms with van der Waals surface area (Å²) in [5, 5.41) is 24.2. The Balaban J connectivity index is 2.02.